The molecular formula is C12H20N2O2S. The average molecular weight is 256 g/mol. The van der Waals surface area contributed by atoms with E-state index in [1.807, 2.05) is 32.0 Å². The normalized spacial score (nSPS) is 11.5. The molecule has 0 atom stereocenters. The standard InChI is InChI=1S/C12H20N2O2S/c1-4-14(17(15,16)5-2)12-8-11(9-13)7-6-10(12)3/h6-8H,4-5,9,13H2,1-3H3. The lowest BCUT2D eigenvalue weighted by molar-refractivity contribution is 0.593. The van der Waals surface area contributed by atoms with Crippen LogP contribution in [0.25, 0.3) is 0 Å². The molecule has 1 rings (SSSR count). The molecule has 1 aromatic carbocycles. The first kappa shape index (κ1) is 14.0. The number of hydrogen-bond acceptors (Lipinski definition) is 3. The van der Waals surface area contributed by atoms with Gasteiger partial charge in [-0.25, -0.2) is 8.42 Å². The molecule has 1 aromatic rings. The maximum absolute atomic E-state index is 12.0. The summed E-state index contributed by atoms with van der Waals surface area (Å²) in [6, 6.07) is 5.68. The van der Waals surface area contributed by atoms with Crippen LogP contribution in [0.3, 0.4) is 0 Å². The quantitative estimate of drug-likeness (QED) is 0.871. The fourth-order valence-corrected chi connectivity index (χ4v) is 2.92. The fraction of sp³-hybridized carbons (Fsp3) is 0.500. The predicted octanol–water partition coefficient (Wildman–Crippen LogP) is 1.63. The van der Waals surface area contributed by atoms with E-state index in [-0.39, 0.29) is 5.75 Å². The van der Waals surface area contributed by atoms with Crippen molar-refractivity contribution < 1.29 is 8.42 Å². The van der Waals surface area contributed by atoms with Gasteiger partial charge in [0.05, 0.1) is 11.4 Å². The molecule has 2 N–H and O–H groups in total. The molecule has 0 saturated carbocycles. The summed E-state index contributed by atoms with van der Waals surface area (Å²) in [6.45, 7) is 6.24. The average Bonchev–Trinajstić information content (AvgIpc) is 2.32. The van der Waals surface area contributed by atoms with E-state index in [4.69, 9.17) is 5.73 Å². The van der Waals surface area contributed by atoms with Crippen molar-refractivity contribution >= 4 is 15.7 Å². The Hall–Kier alpha value is -1.07. The van der Waals surface area contributed by atoms with Gasteiger partial charge in [-0.05, 0) is 38.0 Å². The second-order valence-electron chi connectivity index (χ2n) is 3.89. The number of nitrogens with zero attached hydrogens (tertiary/aromatic N) is 1. The molecule has 0 radical (unpaired) electrons. The minimum Gasteiger partial charge on any atom is -0.326 e. The Morgan fingerprint density at radius 2 is 1.94 bits per heavy atom. The van der Waals surface area contributed by atoms with Gasteiger partial charge in [-0.1, -0.05) is 12.1 Å². The third kappa shape index (κ3) is 2.98. The minimum atomic E-state index is -3.22. The highest BCUT2D eigenvalue weighted by Crippen LogP contribution is 2.24. The molecule has 96 valence electrons. The van der Waals surface area contributed by atoms with E-state index in [9.17, 15) is 8.42 Å². The van der Waals surface area contributed by atoms with Gasteiger partial charge < -0.3 is 5.73 Å². The van der Waals surface area contributed by atoms with Gasteiger partial charge >= 0.3 is 0 Å². The molecule has 0 fully saturated rings. The molecule has 0 saturated heterocycles. The highest BCUT2D eigenvalue weighted by Gasteiger charge is 2.20. The third-order valence-electron chi connectivity index (χ3n) is 2.77. The predicted molar refractivity (Wildman–Crippen MR) is 71.6 cm³/mol. The van der Waals surface area contributed by atoms with Crippen molar-refractivity contribution in [3.63, 3.8) is 0 Å². The lowest BCUT2D eigenvalue weighted by Crippen LogP contribution is -2.32. The number of anilines is 1. The number of rotatable bonds is 5. The summed E-state index contributed by atoms with van der Waals surface area (Å²) in [6.07, 6.45) is 0. The lowest BCUT2D eigenvalue weighted by atomic mass is 10.1. The van der Waals surface area contributed by atoms with Crippen LogP contribution < -0.4 is 10.0 Å². The van der Waals surface area contributed by atoms with E-state index < -0.39 is 10.0 Å². The third-order valence-corrected chi connectivity index (χ3v) is 4.62. The molecule has 0 unspecified atom stereocenters. The highest BCUT2D eigenvalue weighted by atomic mass is 32.2. The van der Waals surface area contributed by atoms with Crippen molar-refractivity contribution in [3.8, 4) is 0 Å². The summed E-state index contributed by atoms with van der Waals surface area (Å²) >= 11 is 0. The molecule has 0 bridgehead atoms. The van der Waals surface area contributed by atoms with Crippen molar-refractivity contribution in [2.24, 2.45) is 5.73 Å². The number of aryl methyl sites for hydroxylation is 1. The van der Waals surface area contributed by atoms with Crippen LogP contribution in [-0.2, 0) is 16.6 Å². The molecule has 0 amide bonds. The number of benzene rings is 1. The molecule has 0 aliphatic heterocycles. The van der Waals surface area contributed by atoms with Gasteiger partial charge in [-0.15, -0.1) is 0 Å². The van der Waals surface area contributed by atoms with Crippen LogP contribution in [0.4, 0.5) is 5.69 Å². The summed E-state index contributed by atoms with van der Waals surface area (Å²) in [5.41, 5.74) is 8.20. The molecule has 0 heterocycles. The van der Waals surface area contributed by atoms with Crippen LogP contribution in [0.5, 0.6) is 0 Å². The second kappa shape index (κ2) is 5.51. The van der Waals surface area contributed by atoms with Gasteiger partial charge in [-0.3, -0.25) is 4.31 Å². The van der Waals surface area contributed by atoms with Gasteiger partial charge in [0, 0.05) is 13.1 Å². The second-order valence-corrected chi connectivity index (χ2v) is 6.07. The zero-order chi connectivity index (χ0) is 13.1. The van der Waals surface area contributed by atoms with Crippen LogP contribution in [0.2, 0.25) is 0 Å². The first-order valence-corrected chi connectivity index (χ1v) is 7.37. The zero-order valence-electron chi connectivity index (χ0n) is 10.6. The fourth-order valence-electron chi connectivity index (χ4n) is 1.72. The van der Waals surface area contributed by atoms with Gasteiger partial charge in [-0.2, -0.15) is 0 Å². The number of nitrogens with two attached hydrogens (primary N) is 1. The van der Waals surface area contributed by atoms with E-state index in [1.165, 1.54) is 4.31 Å². The van der Waals surface area contributed by atoms with E-state index >= 15 is 0 Å². The molecule has 17 heavy (non-hydrogen) atoms. The Labute approximate surface area is 103 Å². The van der Waals surface area contributed by atoms with Crippen LogP contribution in [0.1, 0.15) is 25.0 Å². The molecule has 0 aliphatic rings. The zero-order valence-corrected chi connectivity index (χ0v) is 11.4. The molecule has 0 spiro atoms. The first-order valence-electron chi connectivity index (χ1n) is 5.76. The van der Waals surface area contributed by atoms with E-state index in [0.717, 1.165) is 16.8 Å². The van der Waals surface area contributed by atoms with Crippen molar-refractivity contribution in [2.75, 3.05) is 16.6 Å². The SMILES string of the molecule is CCN(c1cc(CN)ccc1C)S(=O)(=O)CC. The molecule has 0 aromatic heterocycles. The van der Waals surface area contributed by atoms with Crippen molar-refractivity contribution in [3.05, 3.63) is 29.3 Å². The highest BCUT2D eigenvalue weighted by molar-refractivity contribution is 7.92. The number of sulfonamides is 1. The summed E-state index contributed by atoms with van der Waals surface area (Å²) in [4.78, 5) is 0. The Bertz CT molecular complexity index is 483. The Morgan fingerprint density at radius 3 is 2.41 bits per heavy atom. The van der Waals surface area contributed by atoms with E-state index in [0.29, 0.717) is 13.1 Å². The molecular weight excluding hydrogens is 236 g/mol. The van der Waals surface area contributed by atoms with Crippen LogP contribution in [0.15, 0.2) is 18.2 Å². The van der Waals surface area contributed by atoms with Gasteiger partial charge in [0.1, 0.15) is 0 Å². The molecule has 4 nitrogen and oxygen atoms in total. The van der Waals surface area contributed by atoms with Crippen molar-refractivity contribution in [1.82, 2.24) is 0 Å². The van der Waals surface area contributed by atoms with Crippen molar-refractivity contribution in [1.29, 1.82) is 0 Å². The topological polar surface area (TPSA) is 63.4 Å². The van der Waals surface area contributed by atoms with E-state index in [1.54, 1.807) is 6.92 Å². The summed E-state index contributed by atoms with van der Waals surface area (Å²) in [5, 5.41) is 0. The van der Waals surface area contributed by atoms with Crippen molar-refractivity contribution in [2.45, 2.75) is 27.3 Å². The van der Waals surface area contributed by atoms with Crippen LogP contribution >= 0.6 is 0 Å². The molecule has 5 heteroatoms. The maximum atomic E-state index is 12.0. The largest absolute Gasteiger partial charge is 0.326 e. The molecule has 0 aliphatic carbocycles. The summed E-state index contributed by atoms with van der Waals surface area (Å²) in [5.74, 6) is 0.104. The van der Waals surface area contributed by atoms with Gasteiger partial charge in [0.2, 0.25) is 10.0 Å². The minimum absolute atomic E-state index is 0.104. The Kier molecular flexibility index (Phi) is 4.54. The summed E-state index contributed by atoms with van der Waals surface area (Å²) in [7, 11) is -3.22. The smallest absolute Gasteiger partial charge is 0.234 e. The lowest BCUT2D eigenvalue weighted by Gasteiger charge is -2.24. The summed E-state index contributed by atoms with van der Waals surface area (Å²) < 4.78 is 25.4. The monoisotopic (exact) mass is 256 g/mol. The maximum Gasteiger partial charge on any atom is 0.234 e. The first-order chi connectivity index (χ1) is 7.96. The Morgan fingerprint density at radius 1 is 1.29 bits per heavy atom. The van der Waals surface area contributed by atoms with Gasteiger partial charge in [0.15, 0.2) is 0 Å². The van der Waals surface area contributed by atoms with Gasteiger partial charge in [0.25, 0.3) is 0 Å². The number of hydrogen-bond donors (Lipinski definition) is 1. The van der Waals surface area contributed by atoms with Crippen LogP contribution in [0, 0.1) is 6.92 Å². The van der Waals surface area contributed by atoms with Crippen LogP contribution in [-0.4, -0.2) is 20.7 Å². The Balaban J connectivity index is 3.29. The van der Waals surface area contributed by atoms with E-state index in [2.05, 4.69) is 0 Å².